The molecule has 0 bridgehead atoms. The smallest absolute Gasteiger partial charge is 0.357 e. The van der Waals surface area contributed by atoms with Gasteiger partial charge < -0.3 is 19.2 Å². The van der Waals surface area contributed by atoms with Gasteiger partial charge in [-0.05, 0) is 47.7 Å². The molecule has 0 saturated carbocycles. The number of nitrogens with zero attached hydrogens (tertiary/aromatic N) is 3. The van der Waals surface area contributed by atoms with E-state index < -0.39 is 5.97 Å². The average Bonchev–Trinajstić information content (AvgIpc) is 3.64. The van der Waals surface area contributed by atoms with Crippen molar-refractivity contribution in [2.24, 2.45) is 0 Å². The van der Waals surface area contributed by atoms with E-state index in [0.717, 1.165) is 29.1 Å². The lowest BCUT2D eigenvalue weighted by molar-refractivity contribution is -0.119. The molecule has 0 radical (unpaired) electrons. The lowest BCUT2D eigenvalue weighted by Gasteiger charge is -2.18. The van der Waals surface area contributed by atoms with Gasteiger partial charge in [0, 0.05) is 42.3 Å². The number of carbonyl (C=O) groups excluding carboxylic acids is 2. The van der Waals surface area contributed by atoms with Crippen LogP contribution in [0.4, 0.5) is 5.69 Å². The predicted molar refractivity (Wildman–Crippen MR) is 143 cm³/mol. The van der Waals surface area contributed by atoms with Crippen LogP contribution in [-0.2, 0) is 28.9 Å². The number of anilines is 1. The largest absolute Gasteiger partial charge is 0.464 e. The first-order valence-electron chi connectivity index (χ1n) is 11.9. The van der Waals surface area contributed by atoms with Crippen molar-refractivity contribution in [3.05, 3.63) is 93.4 Å². The summed E-state index contributed by atoms with van der Waals surface area (Å²) < 4.78 is 8.68. The first-order chi connectivity index (χ1) is 17.5. The summed E-state index contributed by atoms with van der Waals surface area (Å²) in [6.45, 7) is 2.52. The number of rotatable bonds is 11. The third kappa shape index (κ3) is 6.06. The van der Waals surface area contributed by atoms with Gasteiger partial charge >= 0.3 is 5.97 Å². The van der Waals surface area contributed by atoms with E-state index in [4.69, 9.17) is 16.3 Å². The summed E-state index contributed by atoms with van der Waals surface area (Å²) >= 11 is 7.94. The van der Waals surface area contributed by atoms with E-state index in [1.807, 2.05) is 75.4 Å². The number of thiophene rings is 1. The Bertz CT molecular complexity index is 1280. The van der Waals surface area contributed by atoms with E-state index >= 15 is 0 Å². The van der Waals surface area contributed by atoms with Crippen molar-refractivity contribution >= 4 is 40.5 Å². The number of carbonyl (C=O) groups is 2. The number of hydrogen-bond donors (Lipinski definition) is 1. The summed E-state index contributed by atoms with van der Waals surface area (Å²) in [4.78, 5) is 31.1. The molecule has 3 aromatic heterocycles. The zero-order valence-corrected chi connectivity index (χ0v) is 21.9. The van der Waals surface area contributed by atoms with Gasteiger partial charge in [0.25, 0.3) is 0 Å². The van der Waals surface area contributed by atoms with E-state index in [-0.39, 0.29) is 22.8 Å². The van der Waals surface area contributed by atoms with Gasteiger partial charge in [0.15, 0.2) is 10.8 Å². The molecule has 1 atom stereocenters. The van der Waals surface area contributed by atoms with Crippen LogP contribution in [0.25, 0.3) is 0 Å². The maximum atomic E-state index is 13.2. The molecule has 0 unspecified atom stereocenters. The van der Waals surface area contributed by atoms with Crippen LogP contribution in [0.5, 0.6) is 0 Å². The number of esters is 1. The molecule has 4 aromatic rings. The molecule has 36 heavy (non-hydrogen) atoms. The van der Waals surface area contributed by atoms with Crippen LogP contribution in [0.3, 0.4) is 0 Å². The molecular formula is C27H29ClN4O3S. The minimum Gasteiger partial charge on any atom is -0.464 e. The summed E-state index contributed by atoms with van der Waals surface area (Å²) in [6.07, 6.45) is 7.09. The number of benzene rings is 1. The highest BCUT2D eigenvalue weighted by Crippen LogP contribution is 2.24. The zero-order valence-electron chi connectivity index (χ0n) is 20.3. The Morgan fingerprint density at radius 1 is 1.14 bits per heavy atom. The Kier molecular flexibility index (Phi) is 8.61. The maximum absolute atomic E-state index is 13.2. The monoisotopic (exact) mass is 524 g/mol. The van der Waals surface area contributed by atoms with Gasteiger partial charge in [-0.2, -0.15) is 0 Å². The number of nitrogens with one attached hydrogen (secondary N) is 1. The Balaban J connectivity index is 1.50. The normalized spacial score (nSPS) is 11.9. The van der Waals surface area contributed by atoms with Crippen LogP contribution in [0.1, 0.15) is 52.6 Å². The number of aryl methyl sites for hydroxylation is 1. The van der Waals surface area contributed by atoms with Crippen molar-refractivity contribution < 1.29 is 14.3 Å². The molecule has 1 aromatic carbocycles. The Hall–Kier alpha value is -3.36. The van der Waals surface area contributed by atoms with Gasteiger partial charge in [-0.1, -0.05) is 43.1 Å². The number of aromatic nitrogens is 3. The molecule has 1 N–H and O–H groups in total. The Morgan fingerprint density at radius 3 is 2.53 bits per heavy atom. The molecule has 0 fully saturated rings. The van der Waals surface area contributed by atoms with E-state index in [1.54, 1.807) is 11.3 Å². The molecule has 9 heteroatoms. The quantitative estimate of drug-likeness (QED) is 0.244. The SMILES string of the molecule is CCCCc1nc(Cl)c(C(=O)OC)n1Cc1ccc(NC(=O)[C@H](Cc2cccs2)n2cccc2)cc1. The van der Waals surface area contributed by atoms with Crippen LogP contribution in [0, 0.1) is 0 Å². The summed E-state index contributed by atoms with van der Waals surface area (Å²) in [5.41, 5.74) is 1.91. The van der Waals surface area contributed by atoms with Crippen LogP contribution >= 0.6 is 22.9 Å². The highest BCUT2D eigenvalue weighted by molar-refractivity contribution is 7.09. The van der Waals surface area contributed by atoms with Crippen LogP contribution in [-0.4, -0.2) is 33.1 Å². The molecule has 4 rings (SSSR count). The van der Waals surface area contributed by atoms with E-state index in [2.05, 4.69) is 17.2 Å². The first kappa shape index (κ1) is 25.7. The molecule has 0 aliphatic carbocycles. The Labute approximate surface area is 219 Å². The third-order valence-electron chi connectivity index (χ3n) is 5.96. The standard InChI is InChI=1S/C27H29ClN4O3S/c1-3-4-9-23-30-25(28)24(27(34)35-2)32(23)18-19-10-12-20(13-11-19)29-26(33)22(31-14-5-6-15-31)17-21-8-7-16-36-21/h5-8,10-16,22H,3-4,9,17-18H2,1-2H3,(H,29,33)/t22-/m0/s1. The third-order valence-corrected chi connectivity index (χ3v) is 7.13. The second kappa shape index (κ2) is 12.1. The Morgan fingerprint density at radius 2 is 1.89 bits per heavy atom. The molecule has 0 aliphatic rings. The van der Waals surface area contributed by atoms with Gasteiger partial charge in [-0.3, -0.25) is 4.79 Å². The highest BCUT2D eigenvalue weighted by Gasteiger charge is 2.23. The lowest BCUT2D eigenvalue weighted by Crippen LogP contribution is -2.26. The van der Waals surface area contributed by atoms with Gasteiger partial charge in [0.1, 0.15) is 11.9 Å². The van der Waals surface area contributed by atoms with Crippen molar-refractivity contribution in [2.75, 3.05) is 12.4 Å². The molecular weight excluding hydrogens is 496 g/mol. The second-order valence-electron chi connectivity index (χ2n) is 8.46. The summed E-state index contributed by atoms with van der Waals surface area (Å²) in [6, 6.07) is 15.1. The van der Waals surface area contributed by atoms with E-state index in [0.29, 0.717) is 25.1 Å². The summed E-state index contributed by atoms with van der Waals surface area (Å²) in [7, 11) is 1.33. The number of methoxy groups -OCH3 is 1. The van der Waals surface area contributed by atoms with Crippen molar-refractivity contribution in [1.82, 2.24) is 14.1 Å². The summed E-state index contributed by atoms with van der Waals surface area (Å²) in [5, 5.41) is 5.22. The van der Waals surface area contributed by atoms with Gasteiger partial charge in [-0.15, -0.1) is 11.3 Å². The van der Waals surface area contributed by atoms with Crippen LogP contribution in [0.2, 0.25) is 5.15 Å². The maximum Gasteiger partial charge on any atom is 0.357 e. The minimum absolute atomic E-state index is 0.0800. The number of hydrogen-bond acceptors (Lipinski definition) is 5. The lowest BCUT2D eigenvalue weighted by atomic mass is 10.1. The second-order valence-corrected chi connectivity index (χ2v) is 9.85. The molecule has 0 spiro atoms. The summed E-state index contributed by atoms with van der Waals surface area (Å²) in [5.74, 6) is 0.160. The van der Waals surface area contributed by atoms with Gasteiger partial charge in [0.05, 0.1) is 7.11 Å². The van der Waals surface area contributed by atoms with Gasteiger partial charge in [-0.25, -0.2) is 9.78 Å². The predicted octanol–water partition coefficient (Wildman–Crippen LogP) is 6.00. The number of amides is 1. The molecule has 7 nitrogen and oxygen atoms in total. The van der Waals surface area contributed by atoms with Crippen molar-refractivity contribution in [1.29, 1.82) is 0 Å². The number of halogens is 1. The molecule has 188 valence electrons. The molecule has 0 aliphatic heterocycles. The number of unbranched alkanes of at least 4 members (excludes halogenated alkanes) is 1. The average molecular weight is 525 g/mol. The fourth-order valence-electron chi connectivity index (χ4n) is 4.06. The molecule has 0 saturated heterocycles. The van der Waals surface area contributed by atoms with Gasteiger partial charge in [0.2, 0.25) is 5.91 Å². The van der Waals surface area contributed by atoms with Crippen LogP contribution < -0.4 is 5.32 Å². The number of imidazole rings is 1. The fraction of sp³-hybridized carbons (Fsp3) is 0.296. The highest BCUT2D eigenvalue weighted by atomic mass is 35.5. The van der Waals surface area contributed by atoms with Crippen LogP contribution in [0.15, 0.2) is 66.3 Å². The number of ether oxygens (including phenoxy) is 1. The van der Waals surface area contributed by atoms with Crippen molar-refractivity contribution in [3.8, 4) is 0 Å². The zero-order chi connectivity index (χ0) is 25.5. The van der Waals surface area contributed by atoms with E-state index in [9.17, 15) is 9.59 Å². The minimum atomic E-state index is -0.513. The first-order valence-corrected chi connectivity index (χ1v) is 13.1. The molecule has 1 amide bonds. The van der Waals surface area contributed by atoms with E-state index in [1.165, 1.54) is 7.11 Å². The van der Waals surface area contributed by atoms with Crippen molar-refractivity contribution in [2.45, 2.75) is 45.2 Å². The molecule has 3 heterocycles. The fourth-order valence-corrected chi connectivity index (χ4v) is 5.08. The van der Waals surface area contributed by atoms with Crippen molar-refractivity contribution in [3.63, 3.8) is 0 Å². The topological polar surface area (TPSA) is 78.2 Å².